The van der Waals surface area contributed by atoms with Crippen LogP contribution in [0.2, 0.25) is 0 Å². The fourth-order valence-electron chi connectivity index (χ4n) is 2.36. The third kappa shape index (κ3) is 4.73. The highest BCUT2D eigenvalue weighted by Gasteiger charge is 2.14. The van der Waals surface area contributed by atoms with E-state index in [1.54, 1.807) is 26.0 Å². The van der Waals surface area contributed by atoms with Crippen molar-refractivity contribution in [1.29, 1.82) is 0 Å². The van der Waals surface area contributed by atoms with E-state index in [9.17, 15) is 4.79 Å². The molecule has 5 nitrogen and oxygen atoms in total. The molecule has 0 spiro atoms. The van der Waals surface area contributed by atoms with Gasteiger partial charge >= 0.3 is 0 Å². The Bertz CT molecular complexity index is 672. The molecule has 0 aliphatic carbocycles. The molecule has 2 rings (SSSR count). The summed E-state index contributed by atoms with van der Waals surface area (Å²) in [6, 6.07) is 15.1. The Morgan fingerprint density at radius 2 is 1.83 bits per heavy atom. The van der Waals surface area contributed by atoms with Gasteiger partial charge in [0, 0.05) is 13.6 Å². The van der Waals surface area contributed by atoms with Crippen LogP contribution < -0.4 is 15.2 Å². The van der Waals surface area contributed by atoms with Gasteiger partial charge in [-0.05, 0) is 30.2 Å². The molecule has 128 valence electrons. The zero-order valence-electron chi connectivity index (χ0n) is 14.4. The van der Waals surface area contributed by atoms with Gasteiger partial charge in [-0.2, -0.15) is 0 Å². The lowest BCUT2D eigenvalue weighted by molar-refractivity contribution is -0.131. The maximum absolute atomic E-state index is 11.9. The van der Waals surface area contributed by atoms with Crippen molar-refractivity contribution in [3.8, 4) is 11.5 Å². The lowest BCUT2D eigenvalue weighted by Crippen LogP contribution is -2.39. The summed E-state index contributed by atoms with van der Waals surface area (Å²) in [4.78, 5) is 13.5. The Morgan fingerprint density at radius 1 is 1.12 bits per heavy atom. The fourth-order valence-corrected chi connectivity index (χ4v) is 2.36. The van der Waals surface area contributed by atoms with Gasteiger partial charge < -0.3 is 20.1 Å². The van der Waals surface area contributed by atoms with Crippen LogP contribution in [0, 0.1) is 0 Å². The molecule has 0 aliphatic rings. The van der Waals surface area contributed by atoms with E-state index < -0.39 is 6.04 Å². The monoisotopic (exact) mass is 328 g/mol. The summed E-state index contributed by atoms with van der Waals surface area (Å²) in [5, 5.41) is 0. The Hall–Kier alpha value is -2.53. The van der Waals surface area contributed by atoms with Crippen LogP contribution in [0.3, 0.4) is 0 Å². The number of hydrogen-bond donors (Lipinski definition) is 1. The van der Waals surface area contributed by atoms with E-state index >= 15 is 0 Å². The number of carbonyl (C=O) groups is 1. The van der Waals surface area contributed by atoms with Crippen molar-refractivity contribution in [1.82, 2.24) is 4.90 Å². The molecular weight excluding hydrogens is 304 g/mol. The van der Waals surface area contributed by atoms with Crippen molar-refractivity contribution < 1.29 is 14.3 Å². The number of amides is 1. The van der Waals surface area contributed by atoms with Gasteiger partial charge in [0.25, 0.3) is 0 Å². The van der Waals surface area contributed by atoms with Crippen LogP contribution in [0.25, 0.3) is 0 Å². The average molecular weight is 328 g/mol. The zero-order valence-corrected chi connectivity index (χ0v) is 14.4. The van der Waals surface area contributed by atoms with Gasteiger partial charge in [-0.1, -0.05) is 36.4 Å². The predicted octanol–water partition coefficient (Wildman–Crippen LogP) is 2.58. The average Bonchev–Trinajstić information content (AvgIpc) is 2.60. The standard InChI is InChI=1S/C19H24N2O3/c1-14(20)19(22)21(2)12-16-9-10-17(18(11-16)23-3)24-13-15-7-5-4-6-8-15/h4-11,14H,12-13,20H2,1-3H3/t14-/m1/s1. The molecule has 0 radical (unpaired) electrons. The van der Waals surface area contributed by atoms with Crippen molar-refractivity contribution in [2.75, 3.05) is 14.2 Å². The largest absolute Gasteiger partial charge is 0.493 e. The molecule has 2 aromatic carbocycles. The number of nitrogens with zero attached hydrogens (tertiary/aromatic N) is 1. The van der Waals surface area contributed by atoms with Gasteiger partial charge in [-0.3, -0.25) is 4.79 Å². The number of methoxy groups -OCH3 is 1. The van der Waals surface area contributed by atoms with Crippen molar-refractivity contribution in [3.05, 3.63) is 59.7 Å². The Labute approximate surface area is 143 Å². The molecule has 0 saturated heterocycles. The minimum absolute atomic E-state index is 0.0987. The first-order valence-electron chi connectivity index (χ1n) is 7.85. The highest BCUT2D eigenvalue weighted by atomic mass is 16.5. The van der Waals surface area contributed by atoms with Crippen LogP contribution in [-0.2, 0) is 17.9 Å². The highest BCUT2D eigenvalue weighted by molar-refractivity contribution is 5.80. The zero-order chi connectivity index (χ0) is 17.5. The van der Waals surface area contributed by atoms with E-state index in [0.29, 0.717) is 24.7 Å². The number of hydrogen-bond acceptors (Lipinski definition) is 4. The van der Waals surface area contributed by atoms with Crippen LogP contribution in [-0.4, -0.2) is 31.0 Å². The molecule has 24 heavy (non-hydrogen) atoms. The van der Waals surface area contributed by atoms with Gasteiger partial charge in [-0.25, -0.2) is 0 Å². The number of benzene rings is 2. The molecule has 0 fully saturated rings. The van der Waals surface area contributed by atoms with E-state index in [2.05, 4.69) is 0 Å². The van der Waals surface area contributed by atoms with Gasteiger partial charge in [0.1, 0.15) is 6.61 Å². The number of ether oxygens (including phenoxy) is 2. The van der Waals surface area contributed by atoms with E-state index in [4.69, 9.17) is 15.2 Å². The van der Waals surface area contributed by atoms with Crippen molar-refractivity contribution in [2.24, 2.45) is 5.73 Å². The first-order chi connectivity index (χ1) is 11.5. The SMILES string of the molecule is COc1cc(CN(C)C(=O)[C@@H](C)N)ccc1OCc1ccccc1. The maximum Gasteiger partial charge on any atom is 0.239 e. The molecule has 0 heterocycles. The Kier molecular flexibility index (Phi) is 6.21. The predicted molar refractivity (Wildman–Crippen MR) is 93.9 cm³/mol. The molecule has 0 aromatic heterocycles. The molecule has 0 unspecified atom stereocenters. The van der Waals surface area contributed by atoms with E-state index in [0.717, 1.165) is 11.1 Å². The number of rotatable bonds is 7. The van der Waals surface area contributed by atoms with Crippen LogP contribution >= 0.6 is 0 Å². The van der Waals surface area contributed by atoms with Crippen LogP contribution in [0.15, 0.2) is 48.5 Å². The van der Waals surface area contributed by atoms with Gasteiger partial charge in [0.05, 0.1) is 13.2 Å². The van der Waals surface area contributed by atoms with Gasteiger partial charge in [0.2, 0.25) is 5.91 Å². The fraction of sp³-hybridized carbons (Fsp3) is 0.316. The second kappa shape index (κ2) is 8.36. The van der Waals surface area contributed by atoms with E-state index in [-0.39, 0.29) is 5.91 Å². The number of carbonyl (C=O) groups excluding carboxylic acids is 1. The molecule has 1 amide bonds. The molecule has 1 atom stereocenters. The summed E-state index contributed by atoms with van der Waals surface area (Å²) in [6.07, 6.45) is 0. The van der Waals surface area contributed by atoms with Crippen LogP contribution in [0.4, 0.5) is 0 Å². The lowest BCUT2D eigenvalue weighted by atomic mass is 10.1. The summed E-state index contributed by atoms with van der Waals surface area (Å²) >= 11 is 0. The molecule has 0 bridgehead atoms. The summed E-state index contributed by atoms with van der Waals surface area (Å²) in [5.41, 5.74) is 7.67. The van der Waals surface area contributed by atoms with E-state index in [1.807, 2.05) is 48.5 Å². The summed E-state index contributed by atoms with van der Waals surface area (Å²) < 4.78 is 11.2. The topological polar surface area (TPSA) is 64.8 Å². The maximum atomic E-state index is 11.9. The molecule has 2 aromatic rings. The molecule has 0 saturated carbocycles. The minimum Gasteiger partial charge on any atom is -0.493 e. The third-order valence-corrected chi connectivity index (χ3v) is 3.65. The second-order valence-corrected chi connectivity index (χ2v) is 5.74. The Morgan fingerprint density at radius 3 is 2.46 bits per heavy atom. The van der Waals surface area contributed by atoms with Crippen molar-refractivity contribution >= 4 is 5.91 Å². The van der Waals surface area contributed by atoms with Crippen molar-refractivity contribution in [2.45, 2.75) is 26.1 Å². The quantitative estimate of drug-likeness (QED) is 0.848. The highest BCUT2D eigenvalue weighted by Crippen LogP contribution is 2.29. The summed E-state index contributed by atoms with van der Waals surface area (Å²) in [5.74, 6) is 1.22. The third-order valence-electron chi connectivity index (χ3n) is 3.65. The number of nitrogens with two attached hydrogens (primary N) is 1. The van der Waals surface area contributed by atoms with E-state index in [1.165, 1.54) is 0 Å². The van der Waals surface area contributed by atoms with Crippen LogP contribution in [0.1, 0.15) is 18.1 Å². The van der Waals surface area contributed by atoms with Gasteiger partial charge in [0.15, 0.2) is 11.5 Å². The second-order valence-electron chi connectivity index (χ2n) is 5.74. The first-order valence-corrected chi connectivity index (χ1v) is 7.85. The first kappa shape index (κ1) is 17.8. The molecule has 5 heteroatoms. The van der Waals surface area contributed by atoms with Crippen LogP contribution in [0.5, 0.6) is 11.5 Å². The summed E-state index contributed by atoms with van der Waals surface area (Å²) in [6.45, 7) is 2.62. The lowest BCUT2D eigenvalue weighted by Gasteiger charge is -2.20. The van der Waals surface area contributed by atoms with Gasteiger partial charge in [-0.15, -0.1) is 0 Å². The molecule has 0 aliphatic heterocycles. The normalized spacial score (nSPS) is 11.7. The number of likely N-dealkylation sites (N-methyl/N-ethyl adjacent to an activating group) is 1. The molecule has 2 N–H and O–H groups in total. The molecular formula is C19H24N2O3. The minimum atomic E-state index is -0.509. The van der Waals surface area contributed by atoms with Crippen molar-refractivity contribution in [3.63, 3.8) is 0 Å². The summed E-state index contributed by atoms with van der Waals surface area (Å²) in [7, 11) is 3.34. The Balaban J connectivity index is 2.05. The smallest absolute Gasteiger partial charge is 0.239 e.